The molecule has 0 spiro atoms. The normalized spacial score (nSPS) is 23.5. The van der Waals surface area contributed by atoms with Crippen molar-refractivity contribution in [3.05, 3.63) is 0 Å². The van der Waals surface area contributed by atoms with Crippen molar-refractivity contribution >= 4 is 11.8 Å². The Morgan fingerprint density at radius 3 is 2.61 bits per heavy atom. The number of nitrogens with one attached hydrogen (secondary N) is 1. The van der Waals surface area contributed by atoms with Gasteiger partial charge in [-0.05, 0) is 25.3 Å². The second-order valence-corrected chi connectivity index (χ2v) is 5.07. The maximum atomic E-state index is 12.3. The highest BCUT2D eigenvalue weighted by Gasteiger charge is 2.31. The van der Waals surface area contributed by atoms with Gasteiger partial charge in [0.25, 0.3) is 0 Å². The van der Waals surface area contributed by atoms with E-state index in [0.717, 1.165) is 19.3 Å². The molecule has 2 atom stereocenters. The number of rotatable bonds is 5. The van der Waals surface area contributed by atoms with Gasteiger partial charge < -0.3 is 16.0 Å². The first-order valence-electron chi connectivity index (χ1n) is 6.75. The molecule has 5 nitrogen and oxygen atoms in total. The number of nitrogens with two attached hydrogens (primary N) is 1. The van der Waals surface area contributed by atoms with E-state index < -0.39 is 0 Å². The summed E-state index contributed by atoms with van der Waals surface area (Å²) in [4.78, 5) is 25.1. The summed E-state index contributed by atoms with van der Waals surface area (Å²) in [7, 11) is 3.38. The molecule has 0 heterocycles. The Labute approximate surface area is 109 Å². The lowest BCUT2D eigenvalue weighted by Gasteiger charge is -2.32. The summed E-state index contributed by atoms with van der Waals surface area (Å²) in [5.41, 5.74) is 5.74. The van der Waals surface area contributed by atoms with Crippen LogP contribution in [0, 0.1) is 11.8 Å². The van der Waals surface area contributed by atoms with Crippen LogP contribution in [0.1, 0.15) is 32.1 Å². The molecule has 1 aliphatic carbocycles. The molecule has 3 N–H and O–H groups in total. The number of carbonyl (C=O) groups excluding carboxylic acids is 2. The Morgan fingerprint density at radius 1 is 1.33 bits per heavy atom. The van der Waals surface area contributed by atoms with E-state index >= 15 is 0 Å². The van der Waals surface area contributed by atoms with Crippen LogP contribution in [0.15, 0.2) is 0 Å². The molecule has 0 bridgehead atoms. The lowest BCUT2D eigenvalue weighted by Crippen LogP contribution is -2.41. The van der Waals surface area contributed by atoms with Gasteiger partial charge in [0, 0.05) is 33.0 Å². The van der Waals surface area contributed by atoms with Gasteiger partial charge in [-0.3, -0.25) is 9.59 Å². The zero-order chi connectivity index (χ0) is 13.5. The number of carbonyl (C=O) groups is 2. The monoisotopic (exact) mass is 255 g/mol. The van der Waals surface area contributed by atoms with Gasteiger partial charge in [0.05, 0.1) is 0 Å². The van der Waals surface area contributed by atoms with E-state index in [2.05, 4.69) is 5.32 Å². The van der Waals surface area contributed by atoms with E-state index in [0.29, 0.717) is 25.4 Å². The van der Waals surface area contributed by atoms with Crippen LogP contribution in [0.3, 0.4) is 0 Å². The molecule has 2 unspecified atom stereocenters. The summed E-state index contributed by atoms with van der Waals surface area (Å²) in [5, 5.41) is 2.56. The first kappa shape index (κ1) is 15.0. The van der Waals surface area contributed by atoms with E-state index in [4.69, 9.17) is 5.73 Å². The first-order valence-corrected chi connectivity index (χ1v) is 6.75. The fourth-order valence-corrected chi connectivity index (χ4v) is 2.60. The predicted molar refractivity (Wildman–Crippen MR) is 70.8 cm³/mol. The van der Waals surface area contributed by atoms with Gasteiger partial charge in [-0.15, -0.1) is 0 Å². The maximum Gasteiger partial charge on any atom is 0.225 e. The van der Waals surface area contributed by atoms with Crippen LogP contribution in [0.5, 0.6) is 0 Å². The Kier molecular flexibility index (Phi) is 6.12. The maximum absolute atomic E-state index is 12.3. The van der Waals surface area contributed by atoms with E-state index in [-0.39, 0.29) is 17.7 Å². The van der Waals surface area contributed by atoms with Crippen molar-refractivity contribution in [1.82, 2.24) is 10.2 Å². The summed E-state index contributed by atoms with van der Waals surface area (Å²) in [6.07, 6.45) is 4.63. The molecule has 1 fully saturated rings. The van der Waals surface area contributed by atoms with Gasteiger partial charge in [-0.25, -0.2) is 0 Å². The Bertz CT molecular complexity index is 294. The third-order valence-corrected chi connectivity index (χ3v) is 3.86. The largest absolute Gasteiger partial charge is 0.359 e. The van der Waals surface area contributed by atoms with Crippen LogP contribution in [0.4, 0.5) is 0 Å². The minimum absolute atomic E-state index is 0.0336. The zero-order valence-electron chi connectivity index (χ0n) is 11.4. The molecule has 0 radical (unpaired) electrons. The van der Waals surface area contributed by atoms with E-state index in [9.17, 15) is 9.59 Å². The van der Waals surface area contributed by atoms with Crippen molar-refractivity contribution in [2.45, 2.75) is 32.1 Å². The molecule has 5 heteroatoms. The van der Waals surface area contributed by atoms with Crippen molar-refractivity contribution in [2.24, 2.45) is 17.6 Å². The van der Waals surface area contributed by atoms with Gasteiger partial charge in [0.1, 0.15) is 0 Å². The number of hydrogen-bond acceptors (Lipinski definition) is 3. The molecule has 0 aromatic carbocycles. The SMILES string of the molecule is CNC(=O)CCN(C)C(=O)C1CCCCC1CN. The summed E-state index contributed by atoms with van der Waals surface area (Å²) >= 11 is 0. The second kappa shape index (κ2) is 7.36. The van der Waals surface area contributed by atoms with Crippen molar-refractivity contribution in [3.8, 4) is 0 Å². The number of amides is 2. The minimum atomic E-state index is -0.0336. The zero-order valence-corrected chi connectivity index (χ0v) is 11.4. The highest BCUT2D eigenvalue weighted by atomic mass is 16.2. The van der Waals surface area contributed by atoms with E-state index in [1.807, 2.05) is 0 Å². The molecule has 1 rings (SSSR count). The van der Waals surface area contributed by atoms with Gasteiger partial charge in [0.2, 0.25) is 11.8 Å². The molecule has 2 amide bonds. The minimum Gasteiger partial charge on any atom is -0.359 e. The molecule has 18 heavy (non-hydrogen) atoms. The van der Waals surface area contributed by atoms with Gasteiger partial charge >= 0.3 is 0 Å². The smallest absolute Gasteiger partial charge is 0.225 e. The number of nitrogens with zero attached hydrogens (tertiary/aromatic N) is 1. The first-order chi connectivity index (χ1) is 8.60. The molecule has 0 aromatic rings. The molecule has 0 aliphatic heterocycles. The van der Waals surface area contributed by atoms with Crippen molar-refractivity contribution < 1.29 is 9.59 Å². The quantitative estimate of drug-likeness (QED) is 0.744. The van der Waals surface area contributed by atoms with Gasteiger partial charge in [0.15, 0.2) is 0 Å². The Morgan fingerprint density at radius 2 is 2.00 bits per heavy atom. The topological polar surface area (TPSA) is 75.4 Å². The van der Waals surface area contributed by atoms with Crippen molar-refractivity contribution in [3.63, 3.8) is 0 Å². The number of hydrogen-bond donors (Lipinski definition) is 2. The average Bonchev–Trinajstić information content (AvgIpc) is 2.43. The third-order valence-electron chi connectivity index (χ3n) is 3.86. The fourth-order valence-electron chi connectivity index (χ4n) is 2.60. The summed E-state index contributed by atoms with van der Waals surface area (Å²) in [6, 6.07) is 0. The third kappa shape index (κ3) is 3.98. The summed E-state index contributed by atoms with van der Waals surface area (Å²) in [5.74, 6) is 0.481. The van der Waals surface area contributed by atoms with Crippen LogP contribution in [-0.2, 0) is 9.59 Å². The highest BCUT2D eigenvalue weighted by Crippen LogP contribution is 2.30. The van der Waals surface area contributed by atoms with Crippen molar-refractivity contribution in [1.29, 1.82) is 0 Å². The Balaban J connectivity index is 2.48. The van der Waals surface area contributed by atoms with Crippen LogP contribution >= 0.6 is 0 Å². The molecular weight excluding hydrogens is 230 g/mol. The molecule has 1 saturated carbocycles. The van der Waals surface area contributed by atoms with Crippen LogP contribution in [0.2, 0.25) is 0 Å². The van der Waals surface area contributed by atoms with Gasteiger partial charge in [-0.2, -0.15) is 0 Å². The van der Waals surface area contributed by atoms with Crippen LogP contribution in [0.25, 0.3) is 0 Å². The fraction of sp³-hybridized carbons (Fsp3) is 0.846. The van der Waals surface area contributed by atoms with Gasteiger partial charge in [-0.1, -0.05) is 12.8 Å². The summed E-state index contributed by atoms with van der Waals surface area (Å²) < 4.78 is 0. The second-order valence-electron chi connectivity index (χ2n) is 5.07. The molecule has 0 saturated heterocycles. The molecule has 0 aromatic heterocycles. The van der Waals surface area contributed by atoms with Crippen LogP contribution < -0.4 is 11.1 Å². The van der Waals surface area contributed by atoms with E-state index in [1.54, 1.807) is 19.0 Å². The molecule has 104 valence electrons. The standard InChI is InChI=1S/C13H25N3O2/c1-15-12(17)7-8-16(2)13(18)11-6-4-3-5-10(11)9-14/h10-11H,3-9,14H2,1-2H3,(H,15,17). The highest BCUT2D eigenvalue weighted by molar-refractivity contribution is 5.80. The van der Waals surface area contributed by atoms with Crippen LogP contribution in [-0.4, -0.2) is 43.9 Å². The Hall–Kier alpha value is -1.10. The average molecular weight is 255 g/mol. The van der Waals surface area contributed by atoms with E-state index in [1.165, 1.54) is 6.42 Å². The molecular formula is C13H25N3O2. The summed E-state index contributed by atoms with van der Waals surface area (Å²) in [6.45, 7) is 1.06. The lowest BCUT2D eigenvalue weighted by atomic mass is 9.78. The van der Waals surface area contributed by atoms with Crippen molar-refractivity contribution in [2.75, 3.05) is 27.2 Å². The predicted octanol–water partition coefficient (Wildman–Crippen LogP) is 0.346. The molecule has 1 aliphatic rings. The lowest BCUT2D eigenvalue weighted by molar-refractivity contribution is -0.137.